The second-order valence-electron chi connectivity index (χ2n) is 5.41. The zero-order chi connectivity index (χ0) is 14.1. The second-order valence-corrected chi connectivity index (χ2v) is 5.85. The third kappa shape index (κ3) is 2.58. The summed E-state index contributed by atoms with van der Waals surface area (Å²) in [6, 6.07) is 3.55. The fourth-order valence-electron chi connectivity index (χ4n) is 2.82. The Balaban J connectivity index is 1.92. The number of nitrogens with zero attached hydrogens (tertiary/aromatic N) is 3. The van der Waals surface area contributed by atoms with E-state index < -0.39 is 0 Å². The summed E-state index contributed by atoms with van der Waals surface area (Å²) in [4.78, 5) is 19.3. The number of halogens is 1. The largest absolute Gasteiger partial charge is 0.302 e. The van der Waals surface area contributed by atoms with Gasteiger partial charge in [-0.2, -0.15) is 0 Å². The van der Waals surface area contributed by atoms with E-state index in [1.54, 1.807) is 17.0 Å². The molecule has 1 aromatic carbocycles. The van der Waals surface area contributed by atoms with Crippen LogP contribution in [0.3, 0.4) is 0 Å². The van der Waals surface area contributed by atoms with E-state index in [0.29, 0.717) is 17.0 Å². The lowest BCUT2D eigenvalue weighted by Crippen LogP contribution is -2.29. The average molecular weight is 292 g/mol. The quantitative estimate of drug-likeness (QED) is 0.872. The molecule has 0 spiro atoms. The first-order valence-electron chi connectivity index (χ1n) is 7.03. The Kier molecular flexibility index (Phi) is 3.76. The fraction of sp³-hybridized carbons (Fsp3) is 0.467. The van der Waals surface area contributed by atoms with Gasteiger partial charge in [0.2, 0.25) is 0 Å². The molecule has 20 heavy (non-hydrogen) atoms. The van der Waals surface area contributed by atoms with Crippen molar-refractivity contribution in [3.63, 3.8) is 0 Å². The molecule has 1 aromatic heterocycles. The van der Waals surface area contributed by atoms with Crippen molar-refractivity contribution in [2.75, 3.05) is 19.6 Å². The first-order valence-corrected chi connectivity index (χ1v) is 7.40. The summed E-state index contributed by atoms with van der Waals surface area (Å²) in [7, 11) is 0. The number of aryl methyl sites for hydroxylation is 1. The number of benzene rings is 1. The minimum absolute atomic E-state index is 0.000188. The van der Waals surface area contributed by atoms with Crippen LogP contribution < -0.4 is 5.56 Å². The van der Waals surface area contributed by atoms with Crippen LogP contribution in [0.4, 0.5) is 0 Å². The van der Waals surface area contributed by atoms with Gasteiger partial charge < -0.3 is 4.90 Å². The highest BCUT2D eigenvalue weighted by Gasteiger charge is 2.12. The van der Waals surface area contributed by atoms with Gasteiger partial charge in [-0.25, -0.2) is 4.98 Å². The summed E-state index contributed by atoms with van der Waals surface area (Å²) in [6.45, 7) is 5.80. The molecule has 0 unspecified atom stereocenters. The molecule has 0 amide bonds. The Bertz CT molecular complexity index is 689. The van der Waals surface area contributed by atoms with Crippen molar-refractivity contribution in [2.45, 2.75) is 26.3 Å². The monoisotopic (exact) mass is 291 g/mol. The van der Waals surface area contributed by atoms with Gasteiger partial charge in [0.15, 0.2) is 0 Å². The Morgan fingerprint density at radius 3 is 2.75 bits per heavy atom. The summed E-state index contributed by atoms with van der Waals surface area (Å²) in [5, 5.41) is 1.20. The SMILES string of the molecule is Cc1cc(Cl)cc2c(=O)n(CCN3CCCC3)cnc12. The number of hydrogen-bond donors (Lipinski definition) is 0. The van der Waals surface area contributed by atoms with E-state index in [1.807, 2.05) is 13.0 Å². The Morgan fingerprint density at radius 1 is 1.25 bits per heavy atom. The molecule has 106 valence electrons. The summed E-state index contributed by atoms with van der Waals surface area (Å²) in [6.07, 6.45) is 4.18. The molecule has 0 aliphatic carbocycles. The van der Waals surface area contributed by atoms with Gasteiger partial charge in [0.05, 0.1) is 17.2 Å². The van der Waals surface area contributed by atoms with Gasteiger partial charge in [0.1, 0.15) is 0 Å². The van der Waals surface area contributed by atoms with E-state index in [0.717, 1.165) is 30.7 Å². The molecular formula is C15H18ClN3O. The van der Waals surface area contributed by atoms with Crippen molar-refractivity contribution in [2.24, 2.45) is 0 Å². The molecular weight excluding hydrogens is 274 g/mol. The van der Waals surface area contributed by atoms with Crippen molar-refractivity contribution in [3.8, 4) is 0 Å². The highest BCUT2D eigenvalue weighted by atomic mass is 35.5. The zero-order valence-electron chi connectivity index (χ0n) is 11.6. The van der Waals surface area contributed by atoms with Gasteiger partial charge in [-0.1, -0.05) is 11.6 Å². The summed E-state index contributed by atoms with van der Waals surface area (Å²) in [5.74, 6) is 0. The Labute approximate surface area is 123 Å². The maximum absolute atomic E-state index is 12.5. The first-order chi connectivity index (χ1) is 9.65. The lowest BCUT2D eigenvalue weighted by Gasteiger charge is -2.15. The van der Waals surface area contributed by atoms with E-state index >= 15 is 0 Å². The molecule has 0 N–H and O–H groups in total. The predicted octanol–water partition coefficient (Wildman–Crippen LogP) is 2.45. The molecule has 0 radical (unpaired) electrons. The number of fused-ring (bicyclic) bond motifs is 1. The summed E-state index contributed by atoms with van der Waals surface area (Å²) < 4.78 is 1.69. The minimum atomic E-state index is -0.000188. The van der Waals surface area contributed by atoms with E-state index in [-0.39, 0.29) is 5.56 Å². The molecule has 1 fully saturated rings. The smallest absolute Gasteiger partial charge is 0.261 e. The topological polar surface area (TPSA) is 38.1 Å². The third-order valence-corrected chi connectivity index (χ3v) is 4.16. The van der Waals surface area contributed by atoms with Gasteiger partial charge >= 0.3 is 0 Å². The third-order valence-electron chi connectivity index (χ3n) is 3.94. The van der Waals surface area contributed by atoms with Crippen LogP contribution >= 0.6 is 11.6 Å². The standard InChI is InChI=1S/C15H18ClN3O/c1-11-8-12(16)9-13-14(11)17-10-19(15(13)20)7-6-18-4-2-3-5-18/h8-10H,2-7H2,1H3. The van der Waals surface area contributed by atoms with Crippen molar-refractivity contribution in [1.82, 2.24) is 14.5 Å². The molecule has 5 heteroatoms. The lowest BCUT2D eigenvalue weighted by molar-refractivity contribution is 0.320. The molecule has 0 saturated carbocycles. The molecule has 1 aliphatic rings. The molecule has 3 rings (SSSR count). The number of aromatic nitrogens is 2. The van der Waals surface area contributed by atoms with Crippen LogP contribution in [0.25, 0.3) is 10.9 Å². The molecule has 0 atom stereocenters. The van der Waals surface area contributed by atoms with Crippen molar-refractivity contribution in [3.05, 3.63) is 39.4 Å². The number of hydrogen-bond acceptors (Lipinski definition) is 3. The first kappa shape index (κ1) is 13.6. The van der Waals surface area contributed by atoms with Crippen LogP contribution in [0.15, 0.2) is 23.3 Å². The molecule has 0 bridgehead atoms. The van der Waals surface area contributed by atoms with Crippen molar-refractivity contribution in [1.29, 1.82) is 0 Å². The van der Waals surface area contributed by atoms with Gasteiger partial charge in [0.25, 0.3) is 5.56 Å². The van der Waals surface area contributed by atoms with Gasteiger partial charge in [-0.15, -0.1) is 0 Å². The van der Waals surface area contributed by atoms with Crippen LogP contribution in [0.5, 0.6) is 0 Å². The summed E-state index contributed by atoms with van der Waals surface area (Å²) in [5.41, 5.74) is 1.69. The number of likely N-dealkylation sites (tertiary alicyclic amines) is 1. The second kappa shape index (κ2) is 5.54. The molecule has 1 saturated heterocycles. The van der Waals surface area contributed by atoms with Crippen molar-refractivity contribution < 1.29 is 0 Å². The van der Waals surface area contributed by atoms with Crippen molar-refractivity contribution >= 4 is 22.5 Å². The van der Waals surface area contributed by atoms with E-state index in [9.17, 15) is 4.79 Å². The van der Waals surface area contributed by atoms with Crippen LogP contribution in [0.1, 0.15) is 18.4 Å². The minimum Gasteiger partial charge on any atom is -0.302 e. The predicted molar refractivity (Wildman–Crippen MR) is 81.4 cm³/mol. The molecule has 2 heterocycles. The Hall–Kier alpha value is -1.39. The van der Waals surface area contributed by atoms with Gasteiger partial charge in [0, 0.05) is 18.1 Å². The highest BCUT2D eigenvalue weighted by molar-refractivity contribution is 6.31. The van der Waals surface area contributed by atoms with Crippen LogP contribution in [0.2, 0.25) is 5.02 Å². The molecule has 4 nitrogen and oxygen atoms in total. The maximum Gasteiger partial charge on any atom is 0.261 e. The lowest BCUT2D eigenvalue weighted by atomic mass is 10.1. The van der Waals surface area contributed by atoms with E-state index in [2.05, 4.69) is 9.88 Å². The molecule has 1 aliphatic heterocycles. The van der Waals surface area contributed by atoms with Gasteiger partial charge in [-0.3, -0.25) is 9.36 Å². The normalized spacial score (nSPS) is 16.1. The molecule has 2 aromatic rings. The van der Waals surface area contributed by atoms with E-state index in [4.69, 9.17) is 11.6 Å². The van der Waals surface area contributed by atoms with Crippen LogP contribution in [-0.4, -0.2) is 34.1 Å². The van der Waals surface area contributed by atoms with Gasteiger partial charge in [-0.05, 0) is 50.6 Å². The van der Waals surface area contributed by atoms with Crippen LogP contribution in [0, 0.1) is 6.92 Å². The van der Waals surface area contributed by atoms with Crippen LogP contribution in [-0.2, 0) is 6.54 Å². The Morgan fingerprint density at radius 2 is 2.00 bits per heavy atom. The van der Waals surface area contributed by atoms with E-state index in [1.165, 1.54) is 12.8 Å². The highest BCUT2D eigenvalue weighted by Crippen LogP contribution is 2.19. The fourth-order valence-corrected chi connectivity index (χ4v) is 3.09. The maximum atomic E-state index is 12.5. The number of rotatable bonds is 3. The zero-order valence-corrected chi connectivity index (χ0v) is 12.4. The summed E-state index contributed by atoms with van der Waals surface area (Å²) >= 11 is 6.04. The average Bonchev–Trinajstić information content (AvgIpc) is 2.92.